The van der Waals surface area contributed by atoms with Gasteiger partial charge >= 0.3 is 6.03 Å². The van der Waals surface area contributed by atoms with Crippen LogP contribution in [0.15, 0.2) is 41.2 Å². The van der Waals surface area contributed by atoms with Gasteiger partial charge in [-0.3, -0.25) is 0 Å². The molecular weight excluding hydrogens is 328 g/mol. The van der Waals surface area contributed by atoms with Gasteiger partial charge in [0.25, 0.3) is 0 Å². The quantitative estimate of drug-likeness (QED) is 0.921. The molecule has 1 aromatic carbocycles. The number of piperidine rings is 2. The second-order valence-electron chi connectivity index (χ2n) is 8.29. The number of fused-ring (bicyclic) bond motifs is 3. The summed E-state index contributed by atoms with van der Waals surface area (Å²) in [5.41, 5.74) is 1.07. The number of hydrogen-bond acceptors (Lipinski definition) is 4. The van der Waals surface area contributed by atoms with Crippen LogP contribution in [-0.2, 0) is 5.41 Å². The lowest BCUT2D eigenvalue weighted by atomic mass is 9.63. The molecule has 6 heteroatoms. The summed E-state index contributed by atoms with van der Waals surface area (Å²) in [5.74, 6) is 1.62. The molecule has 2 aromatic rings. The summed E-state index contributed by atoms with van der Waals surface area (Å²) in [6, 6.07) is 10.9. The standard InChI is InChI=1S/C20H24N4O2/c1-20(18-21-12-22-26-18)10-13-7-8-17(20)24(11-13)19(25)23-16-9-15(16)14-5-3-2-4-6-14/h2-6,12-13,15-17H,7-11H2,1H3,(H,23,25). The first-order chi connectivity index (χ1) is 12.6. The molecule has 2 amide bonds. The Labute approximate surface area is 153 Å². The average Bonchev–Trinajstić information content (AvgIpc) is 3.19. The lowest BCUT2D eigenvalue weighted by molar-refractivity contribution is -0.000494. The van der Waals surface area contributed by atoms with E-state index in [9.17, 15) is 4.79 Å². The van der Waals surface area contributed by atoms with E-state index in [2.05, 4.69) is 46.6 Å². The summed E-state index contributed by atoms with van der Waals surface area (Å²) in [7, 11) is 0. The molecule has 5 unspecified atom stereocenters. The van der Waals surface area contributed by atoms with Gasteiger partial charge < -0.3 is 14.7 Å². The molecule has 3 heterocycles. The fraction of sp³-hybridized carbons (Fsp3) is 0.550. The lowest BCUT2D eigenvalue weighted by Crippen LogP contribution is -2.63. The number of carbonyl (C=O) groups excluding carboxylic acids is 1. The van der Waals surface area contributed by atoms with Crippen LogP contribution in [0.25, 0.3) is 0 Å². The number of carbonyl (C=O) groups is 1. The van der Waals surface area contributed by atoms with Crippen molar-refractivity contribution in [2.45, 2.75) is 56.0 Å². The Morgan fingerprint density at radius 2 is 2.15 bits per heavy atom. The fourth-order valence-corrected chi connectivity index (χ4v) is 5.15. The Hall–Kier alpha value is -2.37. The minimum absolute atomic E-state index is 0.0635. The van der Waals surface area contributed by atoms with Crippen LogP contribution in [0, 0.1) is 5.92 Å². The Morgan fingerprint density at radius 3 is 2.88 bits per heavy atom. The number of aromatic nitrogens is 2. The summed E-state index contributed by atoms with van der Waals surface area (Å²) in [5, 5.41) is 7.05. The SMILES string of the molecule is CC1(c2ncno2)CC2CCC1N(C(=O)NC1CC1c1ccccc1)C2. The largest absolute Gasteiger partial charge is 0.339 e. The second kappa shape index (κ2) is 5.83. The third-order valence-corrected chi connectivity index (χ3v) is 6.57. The number of rotatable bonds is 3. The van der Waals surface area contributed by atoms with E-state index in [0.29, 0.717) is 17.7 Å². The van der Waals surface area contributed by atoms with Gasteiger partial charge in [-0.05, 0) is 44.1 Å². The number of hydrogen-bond donors (Lipinski definition) is 1. The number of benzene rings is 1. The van der Waals surface area contributed by atoms with Crippen LogP contribution in [0.2, 0.25) is 0 Å². The summed E-state index contributed by atoms with van der Waals surface area (Å²) < 4.78 is 5.41. The summed E-state index contributed by atoms with van der Waals surface area (Å²) in [4.78, 5) is 19.4. The van der Waals surface area contributed by atoms with Gasteiger partial charge in [0, 0.05) is 24.5 Å². The van der Waals surface area contributed by atoms with E-state index >= 15 is 0 Å². The minimum atomic E-state index is -0.239. The molecule has 4 fully saturated rings. The summed E-state index contributed by atoms with van der Waals surface area (Å²) >= 11 is 0. The predicted octanol–water partition coefficient (Wildman–Crippen LogP) is 3.08. The number of nitrogens with one attached hydrogen (secondary N) is 1. The maximum Gasteiger partial charge on any atom is 0.317 e. The van der Waals surface area contributed by atoms with Crippen LogP contribution < -0.4 is 5.32 Å². The highest BCUT2D eigenvalue weighted by atomic mass is 16.5. The molecule has 2 bridgehead atoms. The van der Waals surface area contributed by atoms with Crippen molar-refractivity contribution in [2.24, 2.45) is 5.92 Å². The Bertz CT molecular complexity index is 793. The molecule has 2 aliphatic heterocycles. The highest BCUT2D eigenvalue weighted by Crippen LogP contribution is 2.48. The van der Waals surface area contributed by atoms with Crippen molar-refractivity contribution in [3.05, 3.63) is 48.1 Å². The molecule has 26 heavy (non-hydrogen) atoms. The van der Waals surface area contributed by atoms with E-state index in [1.54, 1.807) is 0 Å². The minimum Gasteiger partial charge on any atom is -0.339 e. The molecule has 6 nitrogen and oxygen atoms in total. The first-order valence-corrected chi connectivity index (χ1v) is 9.54. The third kappa shape index (κ3) is 2.50. The van der Waals surface area contributed by atoms with Crippen LogP contribution in [0.1, 0.15) is 50.0 Å². The Morgan fingerprint density at radius 1 is 1.31 bits per heavy atom. The molecule has 2 saturated heterocycles. The first-order valence-electron chi connectivity index (χ1n) is 9.54. The number of urea groups is 1. The molecule has 136 valence electrons. The van der Waals surface area contributed by atoms with Gasteiger partial charge in [-0.15, -0.1) is 0 Å². The number of nitrogens with zero attached hydrogens (tertiary/aromatic N) is 3. The normalized spacial score (nSPS) is 35.3. The topological polar surface area (TPSA) is 71.3 Å². The Kier molecular flexibility index (Phi) is 3.55. The van der Waals surface area contributed by atoms with Gasteiger partial charge in [0.1, 0.15) is 0 Å². The van der Waals surface area contributed by atoms with Gasteiger partial charge in [-0.1, -0.05) is 35.5 Å². The van der Waals surface area contributed by atoms with Gasteiger partial charge in [0.15, 0.2) is 6.33 Å². The maximum atomic E-state index is 13.0. The van der Waals surface area contributed by atoms with Crippen molar-refractivity contribution in [2.75, 3.05) is 6.54 Å². The van der Waals surface area contributed by atoms with Gasteiger partial charge in [0.2, 0.25) is 5.89 Å². The third-order valence-electron chi connectivity index (χ3n) is 6.57. The highest BCUT2D eigenvalue weighted by molar-refractivity contribution is 5.76. The van der Waals surface area contributed by atoms with E-state index in [4.69, 9.17) is 4.52 Å². The van der Waals surface area contributed by atoms with Crippen molar-refractivity contribution in [1.29, 1.82) is 0 Å². The van der Waals surface area contributed by atoms with E-state index in [1.807, 2.05) is 11.0 Å². The van der Waals surface area contributed by atoms with Gasteiger partial charge in [-0.25, -0.2) is 4.79 Å². The van der Waals surface area contributed by atoms with E-state index in [-0.39, 0.29) is 23.5 Å². The molecule has 6 rings (SSSR count). The van der Waals surface area contributed by atoms with Crippen LogP contribution in [0.5, 0.6) is 0 Å². The summed E-state index contributed by atoms with van der Waals surface area (Å²) in [6.45, 7) is 3.00. The Balaban J connectivity index is 1.30. The molecule has 2 aliphatic carbocycles. The molecule has 0 radical (unpaired) electrons. The van der Waals surface area contributed by atoms with Crippen LogP contribution >= 0.6 is 0 Å². The van der Waals surface area contributed by atoms with Crippen molar-refractivity contribution >= 4 is 6.03 Å². The maximum absolute atomic E-state index is 13.0. The zero-order valence-electron chi connectivity index (χ0n) is 15.0. The van der Waals surface area contributed by atoms with E-state index < -0.39 is 0 Å². The van der Waals surface area contributed by atoms with Crippen LogP contribution in [0.3, 0.4) is 0 Å². The zero-order valence-corrected chi connectivity index (χ0v) is 15.0. The monoisotopic (exact) mass is 352 g/mol. The molecule has 2 saturated carbocycles. The average molecular weight is 352 g/mol. The molecule has 0 spiro atoms. The van der Waals surface area contributed by atoms with Crippen LogP contribution in [0.4, 0.5) is 4.79 Å². The van der Waals surface area contributed by atoms with E-state index in [0.717, 1.165) is 25.8 Å². The highest BCUT2D eigenvalue weighted by Gasteiger charge is 2.54. The van der Waals surface area contributed by atoms with Crippen molar-refractivity contribution < 1.29 is 9.32 Å². The number of amides is 2. The molecule has 1 N–H and O–H groups in total. The molecule has 4 aliphatic rings. The van der Waals surface area contributed by atoms with Crippen molar-refractivity contribution in [3.63, 3.8) is 0 Å². The first kappa shape index (κ1) is 15.9. The van der Waals surface area contributed by atoms with E-state index in [1.165, 1.54) is 18.3 Å². The molecular formula is C20H24N4O2. The zero-order chi connectivity index (χ0) is 17.7. The summed E-state index contributed by atoms with van der Waals surface area (Å²) in [6.07, 6.45) is 5.68. The van der Waals surface area contributed by atoms with Crippen LogP contribution in [-0.4, -0.2) is 39.7 Å². The second-order valence-corrected chi connectivity index (χ2v) is 8.29. The smallest absolute Gasteiger partial charge is 0.317 e. The van der Waals surface area contributed by atoms with Crippen molar-refractivity contribution in [1.82, 2.24) is 20.4 Å². The molecule has 1 aromatic heterocycles. The van der Waals surface area contributed by atoms with Gasteiger partial charge in [-0.2, -0.15) is 4.98 Å². The molecule has 5 atom stereocenters. The fourth-order valence-electron chi connectivity index (χ4n) is 5.15. The van der Waals surface area contributed by atoms with Gasteiger partial charge in [0.05, 0.1) is 5.41 Å². The lowest BCUT2D eigenvalue weighted by Gasteiger charge is -2.53. The predicted molar refractivity (Wildman–Crippen MR) is 95.6 cm³/mol. The van der Waals surface area contributed by atoms with Crippen molar-refractivity contribution in [3.8, 4) is 0 Å².